The van der Waals surface area contributed by atoms with Gasteiger partial charge in [0.05, 0.1) is 26.7 Å². The van der Waals surface area contributed by atoms with Crippen LogP contribution in [0.2, 0.25) is 0 Å². The van der Waals surface area contributed by atoms with Crippen molar-refractivity contribution in [2.75, 3.05) is 21.3 Å². The van der Waals surface area contributed by atoms with Crippen molar-refractivity contribution >= 4 is 17.8 Å². The van der Waals surface area contributed by atoms with E-state index in [9.17, 15) is 19.5 Å². The summed E-state index contributed by atoms with van der Waals surface area (Å²) in [4.78, 5) is 35.7. The lowest BCUT2D eigenvalue weighted by molar-refractivity contribution is -0.137. The average Bonchev–Trinajstić information content (AvgIpc) is 2.71. The van der Waals surface area contributed by atoms with Crippen LogP contribution in [-0.2, 0) is 4.79 Å². The number of carbonyl (C=O) groups is 3. The number of benzene rings is 2. The van der Waals surface area contributed by atoms with Crippen molar-refractivity contribution in [3.8, 4) is 11.5 Å². The number of hydrogen-bond acceptors (Lipinski definition) is 5. The van der Waals surface area contributed by atoms with E-state index in [1.165, 1.54) is 27.3 Å². The highest BCUT2D eigenvalue weighted by molar-refractivity contribution is 5.99. The lowest BCUT2D eigenvalue weighted by Crippen LogP contribution is -2.30. The smallest absolute Gasteiger partial charge is 0.305 e. The van der Waals surface area contributed by atoms with Gasteiger partial charge in [-0.2, -0.15) is 0 Å². The number of aliphatic carboxylic acids is 1. The monoisotopic (exact) mass is 386 g/mol. The Bertz CT molecular complexity index is 881. The van der Waals surface area contributed by atoms with E-state index in [-0.39, 0.29) is 17.9 Å². The van der Waals surface area contributed by atoms with Gasteiger partial charge in [0.1, 0.15) is 0 Å². The highest BCUT2D eigenvalue weighted by Gasteiger charge is 2.21. The minimum Gasteiger partial charge on any atom is -0.493 e. The topological polar surface area (TPSA) is 114 Å². The third-order valence-corrected chi connectivity index (χ3v) is 4.11. The fourth-order valence-corrected chi connectivity index (χ4v) is 2.68. The summed E-state index contributed by atoms with van der Waals surface area (Å²) in [5, 5.41) is 14.4. The Hall–Kier alpha value is -3.55. The van der Waals surface area contributed by atoms with Gasteiger partial charge in [-0.1, -0.05) is 12.1 Å². The van der Waals surface area contributed by atoms with Crippen molar-refractivity contribution in [3.63, 3.8) is 0 Å². The third kappa shape index (κ3) is 5.00. The molecular weight excluding hydrogens is 364 g/mol. The Kier molecular flexibility index (Phi) is 6.97. The molecule has 0 saturated heterocycles. The summed E-state index contributed by atoms with van der Waals surface area (Å²) >= 11 is 0. The number of nitrogens with one attached hydrogen (secondary N) is 2. The van der Waals surface area contributed by atoms with E-state index in [4.69, 9.17) is 9.47 Å². The van der Waals surface area contributed by atoms with E-state index < -0.39 is 17.9 Å². The van der Waals surface area contributed by atoms with E-state index in [0.717, 1.165) is 0 Å². The Morgan fingerprint density at radius 1 is 0.964 bits per heavy atom. The average molecular weight is 386 g/mol. The van der Waals surface area contributed by atoms with Crippen LogP contribution in [-0.4, -0.2) is 44.2 Å². The van der Waals surface area contributed by atoms with Crippen LogP contribution in [0.1, 0.15) is 38.7 Å². The molecule has 2 amide bonds. The van der Waals surface area contributed by atoms with Crippen molar-refractivity contribution in [1.29, 1.82) is 0 Å². The minimum atomic E-state index is -1.07. The maximum Gasteiger partial charge on any atom is 0.305 e. The number of hydrogen-bond donors (Lipinski definition) is 3. The number of carboxylic acids is 1. The lowest BCUT2D eigenvalue weighted by Gasteiger charge is -2.19. The predicted octanol–water partition coefficient (Wildman–Crippen LogP) is 2.01. The van der Waals surface area contributed by atoms with E-state index in [1.807, 2.05) is 0 Å². The summed E-state index contributed by atoms with van der Waals surface area (Å²) in [6, 6.07) is 10.3. The molecule has 0 aliphatic rings. The van der Waals surface area contributed by atoms with Crippen molar-refractivity contribution in [1.82, 2.24) is 10.6 Å². The number of rotatable bonds is 8. The van der Waals surface area contributed by atoms with Gasteiger partial charge in [-0.05, 0) is 35.9 Å². The van der Waals surface area contributed by atoms with Crippen molar-refractivity contribution in [2.24, 2.45) is 0 Å². The van der Waals surface area contributed by atoms with Gasteiger partial charge in [0.2, 0.25) is 0 Å². The maximum absolute atomic E-state index is 12.7. The van der Waals surface area contributed by atoms with Crippen LogP contribution < -0.4 is 20.1 Å². The van der Waals surface area contributed by atoms with E-state index >= 15 is 0 Å². The predicted molar refractivity (Wildman–Crippen MR) is 102 cm³/mol. The molecule has 0 radical (unpaired) electrons. The normalized spacial score (nSPS) is 11.2. The first kappa shape index (κ1) is 20.8. The van der Waals surface area contributed by atoms with Gasteiger partial charge in [-0.15, -0.1) is 0 Å². The number of carboxylic acid groups (broad SMARTS) is 1. The largest absolute Gasteiger partial charge is 0.493 e. The van der Waals surface area contributed by atoms with E-state index in [0.29, 0.717) is 22.6 Å². The molecule has 0 aliphatic heterocycles. The summed E-state index contributed by atoms with van der Waals surface area (Å²) in [7, 11) is 4.46. The maximum atomic E-state index is 12.7. The molecule has 2 aromatic carbocycles. The minimum absolute atomic E-state index is 0.247. The number of amides is 2. The molecule has 0 heterocycles. The molecule has 0 aromatic heterocycles. The zero-order valence-electron chi connectivity index (χ0n) is 15.8. The Balaban J connectivity index is 2.31. The van der Waals surface area contributed by atoms with Gasteiger partial charge in [0.15, 0.2) is 11.5 Å². The highest BCUT2D eigenvalue weighted by atomic mass is 16.5. The SMILES string of the molecule is CNC(=O)c1cccc(C(=O)NC(CC(=O)O)c2ccc(OC)c(OC)c2)c1. The Morgan fingerprint density at radius 2 is 1.61 bits per heavy atom. The Morgan fingerprint density at radius 3 is 2.18 bits per heavy atom. The summed E-state index contributed by atoms with van der Waals surface area (Å²) < 4.78 is 10.4. The first-order valence-corrected chi connectivity index (χ1v) is 8.46. The molecule has 0 fully saturated rings. The molecule has 8 nitrogen and oxygen atoms in total. The summed E-state index contributed by atoms with van der Waals surface area (Å²) in [5.74, 6) is -0.973. The van der Waals surface area contributed by atoms with Crippen molar-refractivity contribution < 1.29 is 29.0 Å². The lowest BCUT2D eigenvalue weighted by atomic mass is 10.0. The molecule has 0 bridgehead atoms. The molecule has 2 aromatic rings. The van der Waals surface area contributed by atoms with E-state index in [1.54, 1.807) is 36.4 Å². The fraction of sp³-hybridized carbons (Fsp3) is 0.250. The zero-order chi connectivity index (χ0) is 20.7. The van der Waals surface area contributed by atoms with Gasteiger partial charge in [0.25, 0.3) is 11.8 Å². The van der Waals surface area contributed by atoms with Gasteiger partial charge in [-0.3, -0.25) is 14.4 Å². The third-order valence-electron chi connectivity index (χ3n) is 4.11. The van der Waals surface area contributed by atoms with Gasteiger partial charge in [0, 0.05) is 18.2 Å². The molecule has 0 saturated carbocycles. The molecule has 8 heteroatoms. The standard InChI is InChI=1S/C20H22N2O6/c1-21-19(25)13-5-4-6-14(9-13)20(26)22-15(11-18(23)24)12-7-8-16(27-2)17(10-12)28-3/h4-10,15H,11H2,1-3H3,(H,21,25)(H,22,26)(H,23,24). The van der Waals surface area contributed by atoms with Gasteiger partial charge in [-0.25, -0.2) is 0 Å². The first-order chi connectivity index (χ1) is 13.4. The fourth-order valence-electron chi connectivity index (χ4n) is 2.68. The van der Waals surface area contributed by atoms with Crippen LogP contribution in [0.25, 0.3) is 0 Å². The first-order valence-electron chi connectivity index (χ1n) is 8.46. The summed E-state index contributed by atoms with van der Waals surface area (Å²) in [6.45, 7) is 0. The van der Waals surface area contributed by atoms with Crippen LogP contribution in [0.15, 0.2) is 42.5 Å². The van der Waals surface area contributed by atoms with Crippen LogP contribution in [0, 0.1) is 0 Å². The number of ether oxygens (including phenoxy) is 2. The van der Waals surface area contributed by atoms with Crippen molar-refractivity contribution in [3.05, 3.63) is 59.2 Å². The Labute approximate surface area is 162 Å². The molecule has 3 N–H and O–H groups in total. The zero-order valence-corrected chi connectivity index (χ0v) is 15.8. The van der Waals surface area contributed by atoms with E-state index in [2.05, 4.69) is 10.6 Å². The van der Waals surface area contributed by atoms with Gasteiger partial charge < -0.3 is 25.2 Å². The molecule has 0 aliphatic carbocycles. The van der Waals surface area contributed by atoms with Crippen LogP contribution in [0.3, 0.4) is 0 Å². The number of methoxy groups -OCH3 is 2. The molecule has 1 unspecified atom stereocenters. The quantitative estimate of drug-likeness (QED) is 0.639. The summed E-state index contributed by atoms with van der Waals surface area (Å²) in [6.07, 6.45) is -0.323. The second-order valence-corrected chi connectivity index (χ2v) is 5.90. The molecular formula is C20H22N2O6. The van der Waals surface area contributed by atoms with Crippen LogP contribution in [0.5, 0.6) is 11.5 Å². The molecule has 1 atom stereocenters. The molecule has 0 spiro atoms. The summed E-state index contributed by atoms with van der Waals surface area (Å²) in [5.41, 5.74) is 1.13. The molecule has 28 heavy (non-hydrogen) atoms. The number of carbonyl (C=O) groups excluding carboxylic acids is 2. The second kappa shape index (κ2) is 9.40. The molecule has 2 rings (SSSR count). The molecule has 148 valence electrons. The second-order valence-electron chi connectivity index (χ2n) is 5.90. The van der Waals surface area contributed by atoms with Crippen molar-refractivity contribution in [2.45, 2.75) is 12.5 Å². The highest BCUT2D eigenvalue weighted by Crippen LogP contribution is 2.31. The van der Waals surface area contributed by atoms with Gasteiger partial charge >= 0.3 is 5.97 Å². The van der Waals surface area contributed by atoms with Crippen LogP contribution in [0.4, 0.5) is 0 Å². The van der Waals surface area contributed by atoms with Crippen LogP contribution >= 0.6 is 0 Å².